The molecule has 0 saturated heterocycles. The Balaban J connectivity index is 1.52. The number of aromatic nitrogens is 3. The second-order valence-electron chi connectivity index (χ2n) is 6.32. The van der Waals surface area contributed by atoms with Crippen molar-refractivity contribution in [3.8, 4) is 22.7 Å². The van der Waals surface area contributed by atoms with Crippen LogP contribution in [0.4, 0.5) is 9.52 Å². The SMILES string of the molecule is COc1ccc(C)cc1-c1csc(NC(=O)c2ccn(-c3ccc(F)cc3)n2)n1. The molecule has 0 spiro atoms. The molecule has 6 nitrogen and oxygen atoms in total. The van der Waals surface area contributed by atoms with Gasteiger partial charge in [0.25, 0.3) is 5.91 Å². The molecule has 2 aromatic carbocycles. The van der Waals surface area contributed by atoms with Crippen LogP contribution in [0.25, 0.3) is 16.9 Å². The van der Waals surface area contributed by atoms with Crippen molar-refractivity contribution < 1.29 is 13.9 Å². The second-order valence-corrected chi connectivity index (χ2v) is 7.18. The molecule has 0 atom stereocenters. The number of nitrogens with one attached hydrogen (secondary N) is 1. The zero-order chi connectivity index (χ0) is 20.4. The summed E-state index contributed by atoms with van der Waals surface area (Å²) in [6.45, 7) is 2.00. The number of halogens is 1. The van der Waals surface area contributed by atoms with E-state index in [-0.39, 0.29) is 17.4 Å². The predicted octanol–water partition coefficient (Wildman–Crippen LogP) is 4.70. The molecule has 0 radical (unpaired) electrons. The van der Waals surface area contributed by atoms with Gasteiger partial charge in [0.1, 0.15) is 11.6 Å². The Morgan fingerprint density at radius 2 is 1.97 bits per heavy atom. The third kappa shape index (κ3) is 4.02. The molecule has 1 amide bonds. The Labute approximate surface area is 170 Å². The number of methoxy groups -OCH3 is 1. The molecule has 0 aliphatic carbocycles. The van der Waals surface area contributed by atoms with Crippen LogP contribution in [0.3, 0.4) is 0 Å². The molecule has 4 rings (SSSR count). The molecular weight excluding hydrogens is 391 g/mol. The lowest BCUT2D eigenvalue weighted by atomic mass is 10.1. The highest BCUT2D eigenvalue weighted by Crippen LogP contribution is 2.33. The van der Waals surface area contributed by atoms with E-state index in [1.54, 1.807) is 31.5 Å². The average molecular weight is 408 g/mol. The number of carbonyl (C=O) groups excluding carboxylic acids is 1. The lowest BCUT2D eigenvalue weighted by Crippen LogP contribution is -2.13. The lowest BCUT2D eigenvalue weighted by Gasteiger charge is -2.07. The molecule has 0 bridgehead atoms. The third-order valence-corrected chi connectivity index (χ3v) is 5.03. The molecule has 2 aromatic heterocycles. The minimum absolute atomic E-state index is 0.235. The van der Waals surface area contributed by atoms with Crippen molar-refractivity contribution in [2.75, 3.05) is 12.4 Å². The van der Waals surface area contributed by atoms with Crippen molar-refractivity contribution >= 4 is 22.4 Å². The maximum atomic E-state index is 13.1. The Morgan fingerprint density at radius 3 is 2.72 bits per heavy atom. The molecule has 0 aliphatic heterocycles. The summed E-state index contributed by atoms with van der Waals surface area (Å²) in [6, 6.07) is 13.3. The van der Waals surface area contributed by atoms with Crippen molar-refractivity contribution in [1.82, 2.24) is 14.8 Å². The minimum atomic E-state index is -0.372. The van der Waals surface area contributed by atoms with Gasteiger partial charge in [0.15, 0.2) is 10.8 Å². The minimum Gasteiger partial charge on any atom is -0.496 e. The first kappa shape index (κ1) is 18.8. The predicted molar refractivity (Wildman–Crippen MR) is 110 cm³/mol. The van der Waals surface area contributed by atoms with Crippen LogP contribution < -0.4 is 10.1 Å². The summed E-state index contributed by atoms with van der Waals surface area (Å²) in [5.41, 5.74) is 3.57. The molecule has 29 heavy (non-hydrogen) atoms. The molecule has 0 aliphatic rings. The van der Waals surface area contributed by atoms with Gasteiger partial charge in [-0.3, -0.25) is 10.1 Å². The van der Waals surface area contributed by atoms with E-state index in [2.05, 4.69) is 15.4 Å². The van der Waals surface area contributed by atoms with Crippen LogP contribution in [0.15, 0.2) is 60.1 Å². The molecule has 8 heteroatoms. The van der Waals surface area contributed by atoms with Gasteiger partial charge >= 0.3 is 0 Å². The highest BCUT2D eigenvalue weighted by Gasteiger charge is 2.15. The van der Waals surface area contributed by atoms with E-state index in [0.29, 0.717) is 10.8 Å². The smallest absolute Gasteiger partial charge is 0.277 e. The number of hydrogen-bond donors (Lipinski definition) is 1. The second kappa shape index (κ2) is 7.84. The summed E-state index contributed by atoms with van der Waals surface area (Å²) >= 11 is 1.32. The van der Waals surface area contributed by atoms with Crippen LogP contribution in [0.5, 0.6) is 5.75 Å². The van der Waals surface area contributed by atoms with Crippen molar-refractivity contribution in [2.24, 2.45) is 0 Å². The van der Waals surface area contributed by atoms with Crippen LogP contribution in [0.1, 0.15) is 16.1 Å². The summed E-state index contributed by atoms with van der Waals surface area (Å²) in [7, 11) is 1.61. The van der Waals surface area contributed by atoms with Gasteiger partial charge < -0.3 is 4.74 Å². The van der Waals surface area contributed by atoms with Gasteiger partial charge in [-0.1, -0.05) is 11.6 Å². The zero-order valence-corrected chi connectivity index (χ0v) is 16.5. The molecule has 0 fully saturated rings. The Hall–Kier alpha value is -3.52. The molecule has 4 aromatic rings. The average Bonchev–Trinajstić information content (AvgIpc) is 3.38. The van der Waals surface area contributed by atoms with Crippen LogP contribution >= 0.6 is 11.3 Å². The lowest BCUT2D eigenvalue weighted by molar-refractivity contribution is 0.102. The quantitative estimate of drug-likeness (QED) is 0.520. The van der Waals surface area contributed by atoms with E-state index >= 15 is 0 Å². The normalized spacial score (nSPS) is 10.7. The number of thiazole rings is 1. The number of amides is 1. The van der Waals surface area contributed by atoms with E-state index < -0.39 is 0 Å². The molecule has 0 unspecified atom stereocenters. The number of aryl methyl sites for hydroxylation is 1. The van der Waals surface area contributed by atoms with Gasteiger partial charge in [-0.15, -0.1) is 11.3 Å². The number of nitrogens with zero attached hydrogens (tertiary/aromatic N) is 3. The number of rotatable bonds is 5. The molecule has 2 heterocycles. The van der Waals surface area contributed by atoms with Crippen molar-refractivity contribution in [1.29, 1.82) is 0 Å². The summed E-state index contributed by atoms with van der Waals surface area (Å²) in [5.74, 6) is 0.0171. The van der Waals surface area contributed by atoms with Crippen LogP contribution in [-0.2, 0) is 0 Å². The van der Waals surface area contributed by atoms with Gasteiger partial charge in [0, 0.05) is 17.1 Å². The van der Waals surface area contributed by atoms with Crippen LogP contribution in [0.2, 0.25) is 0 Å². The standard InChI is InChI=1S/C21H17FN4O2S/c1-13-3-8-19(28-2)16(11-13)18-12-29-21(23-18)24-20(27)17-9-10-26(25-17)15-6-4-14(22)5-7-15/h3-12H,1-2H3,(H,23,24,27). The number of ether oxygens (including phenoxy) is 1. The number of hydrogen-bond acceptors (Lipinski definition) is 5. The molecular formula is C21H17FN4O2S. The van der Waals surface area contributed by atoms with Crippen molar-refractivity contribution in [3.63, 3.8) is 0 Å². The fourth-order valence-corrected chi connectivity index (χ4v) is 3.53. The topological polar surface area (TPSA) is 69.0 Å². The van der Waals surface area contributed by atoms with E-state index in [9.17, 15) is 9.18 Å². The monoisotopic (exact) mass is 408 g/mol. The van der Waals surface area contributed by atoms with E-state index in [0.717, 1.165) is 22.6 Å². The van der Waals surface area contributed by atoms with E-state index in [1.165, 1.54) is 28.2 Å². The maximum absolute atomic E-state index is 13.1. The zero-order valence-electron chi connectivity index (χ0n) is 15.7. The maximum Gasteiger partial charge on any atom is 0.277 e. The van der Waals surface area contributed by atoms with Crippen molar-refractivity contribution in [2.45, 2.75) is 6.92 Å². The third-order valence-electron chi connectivity index (χ3n) is 4.27. The number of anilines is 1. The van der Waals surface area contributed by atoms with E-state index in [1.807, 2.05) is 30.5 Å². The van der Waals surface area contributed by atoms with Gasteiger partial charge in [0.05, 0.1) is 18.5 Å². The summed E-state index contributed by atoms with van der Waals surface area (Å²) in [5, 5.41) is 9.34. The van der Waals surface area contributed by atoms with Gasteiger partial charge in [-0.05, 0) is 49.4 Å². The fourth-order valence-electron chi connectivity index (χ4n) is 2.82. The fraction of sp³-hybridized carbons (Fsp3) is 0.0952. The highest BCUT2D eigenvalue weighted by molar-refractivity contribution is 7.14. The van der Waals surface area contributed by atoms with Gasteiger partial charge in [-0.25, -0.2) is 14.1 Å². The van der Waals surface area contributed by atoms with Crippen LogP contribution in [0, 0.1) is 12.7 Å². The largest absolute Gasteiger partial charge is 0.496 e. The Bertz CT molecular complexity index is 1170. The highest BCUT2D eigenvalue weighted by atomic mass is 32.1. The first-order chi connectivity index (χ1) is 14.0. The first-order valence-corrected chi connectivity index (χ1v) is 9.65. The summed E-state index contributed by atoms with van der Waals surface area (Å²) < 4.78 is 20.0. The number of benzene rings is 2. The van der Waals surface area contributed by atoms with Gasteiger partial charge in [0.2, 0.25) is 0 Å². The van der Waals surface area contributed by atoms with Crippen LogP contribution in [-0.4, -0.2) is 27.8 Å². The number of carbonyl (C=O) groups is 1. The Kier molecular flexibility index (Phi) is 5.09. The summed E-state index contributed by atoms with van der Waals surface area (Å²) in [4.78, 5) is 17.0. The Morgan fingerprint density at radius 1 is 1.17 bits per heavy atom. The van der Waals surface area contributed by atoms with Crippen molar-refractivity contribution in [3.05, 3.63) is 77.2 Å². The van der Waals surface area contributed by atoms with E-state index in [4.69, 9.17) is 4.74 Å². The summed E-state index contributed by atoms with van der Waals surface area (Å²) in [6.07, 6.45) is 1.65. The molecule has 0 saturated carbocycles. The molecule has 1 N–H and O–H groups in total. The first-order valence-electron chi connectivity index (χ1n) is 8.77. The molecule has 146 valence electrons. The van der Waals surface area contributed by atoms with Gasteiger partial charge in [-0.2, -0.15) is 5.10 Å².